The number of benzene rings is 1. The monoisotopic (exact) mass is 324 g/mol. The maximum absolute atomic E-state index is 12.4. The van der Waals surface area contributed by atoms with Gasteiger partial charge in [-0.3, -0.25) is 4.79 Å². The van der Waals surface area contributed by atoms with Crippen LogP contribution < -0.4 is 9.47 Å². The molecule has 2 aromatic rings. The van der Waals surface area contributed by atoms with E-state index in [2.05, 4.69) is 6.07 Å². The van der Waals surface area contributed by atoms with Crippen molar-refractivity contribution in [2.45, 2.75) is 13.0 Å². The molecule has 24 heavy (non-hydrogen) atoms. The van der Waals surface area contributed by atoms with E-state index in [0.29, 0.717) is 30.3 Å². The first-order valence-corrected chi connectivity index (χ1v) is 7.52. The lowest BCUT2D eigenvalue weighted by molar-refractivity contribution is -0.126. The summed E-state index contributed by atoms with van der Waals surface area (Å²) in [6, 6.07) is 11.1. The molecular weight excluding hydrogens is 308 g/mol. The molecule has 1 amide bonds. The second-order valence-corrected chi connectivity index (χ2v) is 5.19. The molecular formula is C18H16N2O4. The Balaban J connectivity index is 1.68. The van der Waals surface area contributed by atoms with Gasteiger partial charge >= 0.3 is 0 Å². The van der Waals surface area contributed by atoms with Crippen LogP contribution in [0.1, 0.15) is 17.7 Å². The van der Waals surface area contributed by atoms with Gasteiger partial charge in [0.15, 0.2) is 11.5 Å². The second kappa shape index (κ2) is 7.38. The molecule has 0 N–H and O–H groups in total. The van der Waals surface area contributed by atoms with Gasteiger partial charge in [-0.15, -0.1) is 0 Å². The molecule has 0 bridgehead atoms. The van der Waals surface area contributed by atoms with Crippen LogP contribution in [0.5, 0.6) is 11.5 Å². The van der Waals surface area contributed by atoms with Crippen molar-refractivity contribution in [2.24, 2.45) is 0 Å². The Labute approximate surface area is 139 Å². The first-order valence-electron chi connectivity index (χ1n) is 7.52. The van der Waals surface area contributed by atoms with Crippen LogP contribution in [0.2, 0.25) is 0 Å². The molecule has 122 valence electrons. The molecule has 1 aliphatic heterocycles. The molecule has 0 radical (unpaired) electrons. The van der Waals surface area contributed by atoms with E-state index in [1.54, 1.807) is 29.4 Å². The van der Waals surface area contributed by atoms with Crippen LogP contribution in [-0.4, -0.2) is 24.1 Å². The standard InChI is InChI=1S/C18H16N2O4/c19-8-2-9-20(12-15-3-1-10-22-15)18(21)7-5-14-4-6-16-17(11-14)24-13-23-16/h1,3-7,10-11H,2,9,12-13H2/b7-5+. The van der Waals surface area contributed by atoms with Gasteiger partial charge in [0, 0.05) is 12.6 Å². The van der Waals surface area contributed by atoms with Gasteiger partial charge in [-0.05, 0) is 35.9 Å². The number of furan rings is 1. The molecule has 0 fully saturated rings. The van der Waals surface area contributed by atoms with Crippen LogP contribution in [0, 0.1) is 11.3 Å². The number of rotatable bonds is 6. The number of carbonyl (C=O) groups is 1. The van der Waals surface area contributed by atoms with Gasteiger partial charge in [-0.1, -0.05) is 6.07 Å². The van der Waals surface area contributed by atoms with Gasteiger partial charge < -0.3 is 18.8 Å². The fourth-order valence-electron chi connectivity index (χ4n) is 2.33. The summed E-state index contributed by atoms with van der Waals surface area (Å²) in [5.41, 5.74) is 0.839. The smallest absolute Gasteiger partial charge is 0.247 e. The highest BCUT2D eigenvalue weighted by molar-refractivity contribution is 5.91. The quantitative estimate of drug-likeness (QED) is 0.764. The maximum atomic E-state index is 12.4. The Morgan fingerprint density at radius 2 is 2.17 bits per heavy atom. The molecule has 0 unspecified atom stereocenters. The number of nitriles is 1. The third kappa shape index (κ3) is 3.76. The van der Waals surface area contributed by atoms with Gasteiger partial charge in [-0.2, -0.15) is 5.26 Å². The Kier molecular flexibility index (Phi) is 4.82. The zero-order valence-corrected chi connectivity index (χ0v) is 13.0. The van der Waals surface area contributed by atoms with Crippen molar-refractivity contribution in [3.63, 3.8) is 0 Å². The third-order valence-corrected chi connectivity index (χ3v) is 3.55. The van der Waals surface area contributed by atoms with Crippen LogP contribution in [0.25, 0.3) is 6.08 Å². The van der Waals surface area contributed by atoms with Crippen molar-refractivity contribution in [3.05, 3.63) is 54.0 Å². The summed E-state index contributed by atoms with van der Waals surface area (Å²) in [7, 11) is 0. The predicted octanol–water partition coefficient (Wildman–Crippen LogP) is 2.96. The lowest BCUT2D eigenvalue weighted by Crippen LogP contribution is -2.29. The van der Waals surface area contributed by atoms with Crippen LogP contribution in [-0.2, 0) is 11.3 Å². The lowest BCUT2D eigenvalue weighted by Gasteiger charge is -2.18. The van der Waals surface area contributed by atoms with E-state index in [9.17, 15) is 4.79 Å². The number of ether oxygens (including phenoxy) is 2. The lowest BCUT2D eigenvalue weighted by atomic mass is 10.2. The van der Waals surface area contributed by atoms with Crippen LogP contribution in [0.4, 0.5) is 0 Å². The minimum Gasteiger partial charge on any atom is -0.467 e. The van der Waals surface area contributed by atoms with Crippen molar-refractivity contribution in [3.8, 4) is 17.6 Å². The second-order valence-electron chi connectivity index (χ2n) is 5.19. The van der Waals surface area contributed by atoms with Crippen molar-refractivity contribution in [1.29, 1.82) is 5.26 Å². The normalized spacial score (nSPS) is 12.3. The van der Waals surface area contributed by atoms with Crippen LogP contribution >= 0.6 is 0 Å². The van der Waals surface area contributed by atoms with E-state index in [1.807, 2.05) is 18.2 Å². The first kappa shape index (κ1) is 15.7. The van der Waals surface area contributed by atoms with Gasteiger partial charge in [-0.25, -0.2) is 0 Å². The Morgan fingerprint density at radius 3 is 2.96 bits per heavy atom. The number of hydrogen-bond acceptors (Lipinski definition) is 5. The van der Waals surface area contributed by atoms with Crippen LogP contribution in [0.15, 0.2) is 47.1 Å². The summed E-state index contributed by atoms with van der Waals surface area (Å²) in [6.07, 6.45) is 5.03. The third-order valence-electron chi connectivity index (χ3n) is 3.55. The summed E-state index contributed by atoms with van der Waals surface area (Å²) < 4.78 is 15.9. The number of carbonyl (C=O) groups excluding carboxylic acids is 1. The van der Waals surface area contributed by atoms with E-state index in [1.165, 1.54) is 6.08 Å². The molecule has 1 aromatic carbocycles. The van der Waals surface area contributed by atoms with Gasteiger partial charge in [0.1, 0.15) is 5.76 Å². The molecule has 0 aliphatic carbocycles. The number of amides is 1. The Hall–Kier alpha value is -3.20. The number of nitrogens with zero attached hydrogens (tertiary/aromatic N) is 2. The molecule has 0 saturated heterocycles. The predicted molar refractivity (Wildman–Crippen MR) is 86.0 cm³/mol. The minimum atomic E-state index is -0.181. The summed E-state index contributed by atoms with van der Waals surface area (Å²) in [4.78, 5) is 14.0. The average Bonchev–Trinajstić information content (AvgIpc) is 3.27. The first-order chi connectivity index (χ1) is 11.8. The maximum Gasteiger partial charge on any atom is 0.247 e. The highest BCUT2D eigenvalue weighted by Crippen LogP contribution is 2.32. The molecule has 6 heteroatoms. The van der Waals surface area contributed by atoms with Gasteiger partial charge in [0.05, 0.1) is 25.3 Å². The fraction of sp³-hybridized carbons (Fsp3) is 0.222. The molecule has 1 aromatic heterocycles. The van der Waals surface area contributed by atoms with Crippen molar-refractivity contribution < 1.29 is 18.7 Å². The summed E-state index contributed by atoms with van der Waals surface area (Å²) in [5.74, 6) is 1.87. The highest BCUT2D eigenvalue weighted by atomic mass is 16.7. The van der Waals surface area contributed by atoms with Crippen molar-refractivity contribution in [1.82, 2.24) is 4.90 Å². The number of hydrogen-bond donors (Lipinski definition) is 0. The largest absolute Gasteiger partial charge is 0.467 e. The van der Waals surface area contributed by atoms with Gasteiger partial charge in [0.2, 0.25) is 12.7 Å². The molecule has 2 heterocycles. The van der Waals surface area contributed by atoms with Crippen molar-refractivity contribution in [2.75, 3.05) is 13.3 Å². The molecule has 6 nitrogen and oxygen atoms in total. The molecule has 0 saturated carbocycles. The summed E-state index contributed by atoms with van der Waals surface area (Å²) in [6.45, 7) is 0.896. The SMILES string of the molecule is N#CCCN(Cc1ccco1)C(=O)/C=C/c1ccc2c(c1)OCO2. The molecule has 0 spiro atoms. The van der Waals surface area contributed by atoms with Crippen LogP contribution in [0.3, 0.4) is 0 Å². The molecule has 3 rings (SSSR count). The highest BCUT2D eigenvalue weighted by Gasteiger charge is 2.14. The van der Waals surface area contributed by atoms with E-state index in [-0.39, 0.29) is 19.1 Å². The zero-order chi connectivity index (χ0) is 16.8. The summed E-state index contributed by atoms with van der Waals surface area (Å²) in [5, 5.41) is 8.77. The van der Waals surface area contributed by atoms with E-state index in [4.69, 9.17) is 19.2 Å². The fourth-order valence-corrected chi connectivity index (χ4v) is 2.33. The zero-order valence-electron chi connectivity index (χ0n) is 13.0. The average molecular weight is 324 g/mol. The van der Waals surface area contributed by atoms with E-state index < -0.39 is 0 Å². The van der Waals surface area contributed by atoms with Crippen molar-refractivity contribution >= 4 is 12.0 Å². The Morgan fingerprint density at radius 1 is 1.29 bits per heavy atom. The Bertz CT molecular complexity index is 775. The molecule has 0 atom stereocenters. The molecule has 1 aliphatic rings. The summed E-state index contributed by atoms with van der Waals surface area (Å²) >= 11 is 0. The number of fused-ring (bicyclic) bond motifs is 1. The van der Waals surface area contributed by atoms with Gasteiger partial charge in [0.25, 0.3) is 0 Å². The minimum absolute atomic E-state index is 0.181. The van der Waals surface area contributed by atoms with E-state index in [0.717, 1.165) is 5.56 Å². The topological polar surface area (TPSA) is 75.7 Å². The van der Waals surface area contributed by atoms with E-state index >= 15 is 0 Å².